The number of hydrogen-bond donors (Lipinski definition) is 2. The van der Waals surface area contributed by atoms with Gasteiger partial charge in [0.15, 0.2) is 0 Å². The first-order chi connectivity index (χ1) is 12.9. The lowest BCUT2D eigenvalue weighted by atomic mass is 10.1. The molecule has 1 atom stereocenters. The topological polar surface area (TPSA) is 84.5 Å². The molecule has 0 saturated carbocycles. The van der Waals surface area contributed by atoms with Gasteiger partial charge < -0.3 is 15.4 Å². The van der Waals surface area contributed by atoms with Crippen molar-refractivity contribution in [3.05, 3.63) is 65.2 Å². The number of benzene rings is 2. The number of amides is 2. The van der Waals surface area contributed by atoms with Crippen LogP contribution < -0.4 is 10.6 Å². The van der Waals surface area contributed by atoms with E-state index in [2.05, 4.69) is 10.6 Å². The van der Waals surface area contributed by atoms with Crippen LogP contribution in [0.25, 0.3) is 0 Å². The Hall–Kier alpha value is -3.15. The zero-order valence-electron chi connectivity index (χ0n) is 15.7. The third-order valence-corrected chi connectivity index (χ3v) is 4.05. The third-order valence-electron chi connectivity index (χ3n) is 4.05. The number of hydrogen-bond acceptors (Lipinski definition) is 4. The Morgan fingerprint density at radius 1 is 0.852 bits per heavy atom. The minimum atomic E-state index is -0.401. The number of nitrogens with one attached hydrogen (secondary N) is 2. The predicted octanol–water partition coefficient (Wildman–Crippen LogP) is 3.64. The second kappa shape index (κ2) is 9.52. The van der Waals surface area contributed by atoms with Gasteiger partial charge in [0.25, 0.3) is 11.8 Å². The maximum absolute atomic E-state index is 12.3. The fraction of sp³-hybridized carbons (Fsp3) is 0.286. The Morgan fingerprint density at radius 2 is 1.37 bits per heavy atom. The first-order valence-electron chi connectivity index (χ1n) is 8.94. The summed E-state index contributed by atoms with van der Waals surface area (Å²) in [6, 6.07) is 13.0. The molecule has 0 heterocycles. The SMILES string of the molecule is CCOC(=O)c1ccc(NC(=O)c2ccc(C(=O)NC(C)CC)cc2)cc1. The summed E-state index contributed by atoms with van der Waals surface area (Å²) in [7, 11) is 0. The molecule has 2 amide bonds. The molecule has 0 bridgehead atoms. The highest BCUT2D eigenvalue weighted by atomic mass is 16.5. The van der Waals surface area contributed by atoms with Crippen LogP contribution >= 0.6 is 0 Å². The molecule has 2 aromatic rings. The Labute approximate surface area is 158 Å². The van der Waals surface area contributed by atoms with Gasteiger partial charge in [0.05, 0.1) is 12.2 Å². The molecular formula is C21H24N2O4. The van der Waals surface area contributed by atoms with Gasteiger partial charge in [-0.1, -0.05) is 6.92 Å². The van der Waals surface area contributed by atoms with Crippen molar-refractivity contribution < 1.29 is 19.1 Å². The first kappa shape index (κ1) is 20.2. The van der Waals surface area contributed by atoms with Crippen LogP contribution in [0.2, 0.25) is 0 Å². The van der Waals surface area contributed by atoms with E-state index in [-0.39, 0.29) is 17.9 Å². The molecule has 0 aromatic heterocycles. The van der Waals surface area contributed by atoms with Crippen LogP contribution in [0, 0.1) is 0 Å². The molecule has 0 aliphatic rings. The van der Waals surface area contributed by atoms with E-state index in [4.69, 9.17) is 4.74 Å². The van der Waals surface area contributed by atoms with Crippen molar-refractivity contribution in [2.45, 2.75) is 33.2 Å². The van der Waals surface area contributed by atoms with Crippen molar-refractivity contribution in [1.29, 1.82) is 0 Å². The normalized spacial score (nSPS) is 11.4. The molecule has 2 aromatic carbocycles. The number of anilines is 1. The van der Waals surface area contributed by atoms with Crippen LogP contribution in [0.15, 0.2) is 48.5 Å². The second-order valence-electron chi connectivity index (χ2n) is 6.11. The predicted molar refractivity (Wildman–Crippen MR) is 104 cm³/mol. The molecule has 0 aliphatic heterocycles. The maximum Gasteiger partial charge on any atom is 0.338 e. The van der Waals surface area contributed by atoms with Crippen molar-refractivity contribution in [2.24, 2.45) is 0 Å². The molecule has 0 saturated heterocycles. The Morgan fingerprint density at radius 3 is 1.89 bits per heavy atom. The van der Waals surface area contributed by atoms with Gasteiger partial charge in [-0.25, -0.2) is 4.79 Å². The molecule has 2 rings (SSSR count). The first-order valence-corrected chi connectivity index (χ1v) is 8.94. The fourth-order valence-corrected chi connectivity index (χ4v) is 2.29. The maximum atomic E-state index is 12.3. The lowest BCUT2D eigenvalue weighted by Crippen LogP contribution is -2.31. The van der Waals surface area contributed by atoms with E-state index in [1.54, 1.807) is 55.5 Å². The van der Waals surface area contributed by atoms with E-state index in [0.717, 1.165) is 6.42 Å². The Balaban J connectivity index is 1.99. The zero-order chi connectivity index (χ0) is 19.8. The highest BCUT2D eigenvalue weighted by Crippen LogP contribution is 2.13. The van der Waals surface area contributed by atoms with Crippen molar-refractivity contribution in [2.75, 3.05) is 11.9 Å². The summed E-state index contributed by atoms with van der Waals surface area (Å²) in [5, 5.41) is 5.64. The standard InChI is InChI=1S/C21H24N2O4/c1-4-14(3)22-19(24)15-6-8-16(9-7-15)20(25)23-18-12-10-17(11-13-18)21(26)27-5-2/h6-14H,4-5H2,1-3H3,(H,22,24)(H,23,25). The van der Waals surface area contributed by atoms with Crippen molar-refractivity contribution in [3.63, 3.8) is 0 Å². The van der Waals surface area contributed by atoms with E-state index >= 15 is 0 Å². The van der Waals surface area contributed by atoms with Gasteiger partial charge in [0.1, 0.15) is 0 Å². The minimum Gasteiger partial charge on any atom is -0.462 e. The van der Waals surface area contributed by atoms with Crippen molar-refractivity contribution in [1.82, 2.24) is 5.32 Å². The summed E-state index contributed by atoms with van der Waals surface area (Å²) in [5.41, 5.74) is 1.92. The highest BCUT2D eigenvalue weighted by molar-refractivity contribution is 6.05. The Bertz CT molecular complexity index is 798. The molecule has 0 aliphatic carbocycles. The summed E-state index contributed by atoms with van der Waals surface area (Å²) in [6.45, 7) is 5.99. The van der Waals surface area contributed by atoms with Gasteiger partial charge in [-0.3, -0.25) is 9.59 Å². The van der Waals surface area contributed by atoms with Gasteiger partial charge in [-0.05, 0) is 68.8 Å². The molecule has 0 spiro atoms. The van der Waals surface area contributed by atoms with Gasteiger partial charge in [-0.15, -0.1) is 0 Å². The zero-order valence-corrected chi connectivity index (χ0v) is 15.7. The minimum absolute atomic E-state index is 0.0954. The van der Waals surface area contributed by atoms with Crippen LogP contribution in [-0.2, 0) is 4.74 Å². The van der Waals surface area contributed by atoms with Gasteiger partial charge >= 0.3 is 5.97 Å². The number of carbonyl (C=O) groups is 3. The number of esters is 1. The summed E-state index contributed by atoms with van der Waals surface area (Å²) < 4.78 is 4.92. The Kier molecular flexibility index (Phi) is 7.11. The second-order valence-corrected chi connectivity index (χ2v) is 6.11. The van der Waals surface area contributed by atoms with Crippen molar-refractivity contribution in [3.8, 4) is 0 Å². The number of ether oxygens (including phenoxy) is 1. The van der Waals surface area contributed by atoms with Crippen LogP contribution in [0.5, 0.6) is 0 Å². The van der Waals surface area contributed by atoms with Crippen LogP contribution in [-0.4, -0.2) is 30.4 Å². The average molecular weight is 368 g/mol. The molecule has 27 heavy (non-hydrogen) atoms. The van der Waals surface area contributed by atoms with E-state index in [0.29, 0.717) is 29.0 Å². The van der Waals surface area contributed by atoms with Gasteiger partial charge in [0.2, 0.25) is 0 Å². The van der Waals surface area contributed by atoms with Crippen LogP contribution in [0.1, 0.15) is 58.3 Å². The molecular weight excluding hydrogens is 344 g/mol. The summed E-state index contributed by atoms with van der Waals surface area (Å²) in [6.07, 6.45) is 0.848. The molecule has 6 nitrogen and oxygen atoms in total. The van der Waals surface area contributed by atoms with E-state index in [1.807, 2.05) is 13.8 Å². The molecule has 6 heteroatoms. The van der Waals surface area contributed by atoms with Gasteiger partial charge in [-0.2, -0.15) is 0 Å². The quantitative estimate of drug-likeness (QED) is 0.731. The lowest BCUT2D eigenvalue weighted by Gasteiger charge is -2.11. The third kappa shape index (κ3) is 5.67. The summed E-state index contributed by atoms with van der Waals surface area (Å²) in [4.78, 5) is 36.0. The van der Waals surface area contributed by atoms with E-state index in [1.165, 1.54) is 0 Å². The summed E-state index contributed by atoms with van der Waals surface area (Å²) in [5.74, 6) is -0.861. The molecule has 142 valence electrons. The van der Waals surface area contributed by atoms with Crippen LogP contribution in [0.4, 0.5) is 5.69 Å². The van der Waals surface area contributed by atoms with E-state index in [9.17, 15) is 14.4 Å². The molecule has 0 fully saturated rings. The number of carbonyl (C=O) groups excluding carboxylic acids is 3. The molecule has 2 N–H and O–H groups in total. The summed E-state index contributed by atoms with van der Waals surface area (Å²) >= 11 is 0. The fourth-order valence-electron chi connectivity index (χ4n) is 2.29. The highest BCUT2D eigenvalue weighted by Gasteiger charge is 2.11. The molecule has 0 radical (unpaired) electrons. The van der Waals surface area contributed by atoms with Crippen LogP contribution in [0.3, 0.4) is 0 Å². The van der Waals surface area contributed by atoms with Crippen molar-refractivity contribution >= 4 is 23.5 Å². The largest absolute Gasteiger partial charge is 0.462 e. The smallest absolute Gasteiger partial charge is 0.338 e. The number of rotatable bonds is 7. The lowest BCUT2D eigenvalue weighted by molar-refractivity contribution is 0.0526. The average Bonchev–Trinajstić information content (AvgIpc) is 2.68. The van der Waals surface area contributed by atoms with Gasteiger partial charge in [0, 0.05) is 22.9 Å². The van der Waals surface area contributed by atoms with E-state index < -0.39 is 5.97 Å². The molecule has 1 unspecified atom stereocenters. The monoisotopic (exact) mass is 368 g/mol.